The number of azo groups is 1. The van der Waals surface area contributed by atoms with Gasteiger partial charge in [-0.1, -0.05) is 27.2 Å². The highest BCUT2D eigenvalue weighted by Crippen LogP contribution is 2.25. The second-order valence-corrected chi connectivity index (χ2v) is 5.10. The fraction of sp³-hybridized carbons (Fsp3) is 0.714. The van der Waals surface area contributed by atoms with Gasteiger partial charge in [0.05, 0.1) is 25.0 Å². The lowest BCUT2D eigenvalue weighted by atomic mass is 9.96. The number of hydrogen-bond donors (Lipinski definition) is 1. The zero-order chi connectivity index (χ0) is 14.4. The molecule has 1 heterocycles. The van der Waals surface area contributed by atoms with Crippen molar-refractivity contribution in [1.82, 2.24) is 0 Å². The number of nitrogens with zero attached hydrogens (tertiary/aromatic N) is 3. The van der Waals surface area contributed by atoms with Gasteiger partial charge in [0, 0.05) is 12.3 Å². The van der Waals surface area contributed by atoms with Crippen LogP contribution < -0.4 is 0 Å². The molecule has 0 aromatic rings. The second-order valence-electron chi connectivity index (χ2n) is 5.10. The summed E-state index contributed by atoms with van der Waals surface area (Å²) < 4.78 is 4.95. The maximum absolute atomic E-state index is 7.71. The molecule has 0 aromatic carbocycles. The van der Waals surface area contributed by atoms with Crippen LogP contribution in [0.5, 0.6) is 0 Å². The Labute approximate surface area is 115 Å². The smallest absolute Gasteiger partial charge is 0.228 e. The Morgan fingerprint density at radius 1 is 1.58 bits per heavy atom. The largest absolute Gasteiger partial charge is 0.480 e. The zero-order valence-electron chi connectivity index (χ0n) is 12.5. The van der Waals surface area contributed by atoms with Crippen LogP contribution >= 0.6 is 0 Å². The molecule has 1 aliphatic rings. The molecule has 0 radical (unpaired) electrons. The summed E-state index contributed by atoms with van der Waals surface area (Å²) in [5.41, 5.74) is 2.45. The molecule has 19 heavy (non-hydrogen) atoms. The van der Waals surface area contributed by atoms with E-state index in [1.165, 1.54) is 7.11 Å². The molecule has 1 N–H and O–H groups in total. The van der Waals surface area contributed by atoms with E-state index in [0.29, 0.717) is 11.6 Å². The van der Waals surface area contributed by atoms with Crippen molar-refractivity contribution in [2.24, 2.45) is 27.1 Å². The molecular weight excluding hydrogens is 240 g/mol. The molecule has 0 spiro atoms. The summed E-state index contributed by atoms with van der Waals surface area (Å²) in [6.45, 7) is 9.02. The lowest BCUT2D eigenvalue weighted by molar-refractivity contribution is 0.404. The molecular formula is C14H24N4O. The third-order valence-corrected chi connectivity index (χ3v) is 3.39. The Kier molecular flexibility index (Phi) is 5.86. The van der Waals surface area contributed by atoms with E-state index < -0.39 is 0 Å². The van der Waals surface area contributed by atoms with E-state index in [2.05, 4.69) is 29.1 Å². The fourth-order valence-corrected chi connectivity index (χ4v) is 1.78. The van der Waals surface area contributed by atoms with Gasteiger partial charge in [-0.15, -0.1) is 0 Å². The number of hydrogen-bond acceptors (Lipinski definition) is 5. The van der Waals surface area contributed by atoms with Crippen LogP contribution in [-0.2, 0) is 4.74 Å². The highest BCUT2D eigenvalue weighted by atomic mass is 16.5. The number of aliphatic imine (C=N–C) groups is 1. The third kappa shape index (κ3) is 4.26. The summed E-state index contributed by atoms with van der Waals surface area (Å²) in [6, 6.07) is 0. The summed E-state index contributed by atoms with van der Waals surface area (Å²) in [4.78, 5) is 4.43. The Bertz CT molecular complexity index is 423. The van der Waals surface area contributed by atoms with Crippen molar-refractivity contribution in [2.45, 2.75) is 40.5 Å². The number of nitrogens with one attached hydrogen (secondary N) is 1. The van der Waals surface area contributed by atoms with Crippen LogP contribution in [0, 0.1) is 17.2 Å². The number of allylic oxidation sites excluding steroid dienone is 2. The van der Waals surface area contributed by atoms with Crippen molar-refractivity contribution in [3.05, 3.63) is 11.4 Å². The van der Waals surface area contributed by atoms with Crippen LogP contribution in [0.2, 0.25) is 0 Å². The first-order chi connectivity index (χ1) is 8.99. The van der Waals surface area contributed by atoms with Gasteiger partial charge in [0.1, 0.15) is 5.71 Å². The molecule has 1 unspecified atom stereocenters. The minimum atomic E-state index is 0.141. The average molecular weight is 264 g/mol. The van der Waals surface area contributed by atoms with Gasteiger partial charge in [-0.2, -0.15) is 10.2 Å². The molecule has 0 saturated carbocycles. The third-order valence-electron chi connectivity index (χ3n) is 3.39. The SMILES string of the molecule is CCC(C)C/N=N\C1=C(C)N=C(C(=N)OC)[C@@H](C)C1. The first-order valence-corrected chi connectivity index (χ1v) is 6.78. The predicted octanol–water partition coefficient (Wildman–Crippen LogP) is 3.82. The Morgan fingerprint density at radius 3 is 2.84 bits per heavy atom. The van der Waals surface area contributed by atoms with Crippen LogP contribution in [0.25, 0.3) is 0 Å². The molecule has 106 valence electrons. The van der Waals surface area contributed by atoms with E-state index in [1.807, 2.05) is 13.8 Å². The molecule has 0 aromatic heterocycles. The van der Waals surface area contributed by atoms with Gasteiger partial charge in [-0.05, 0) is 12.8 Å². The standard InChI is InChI=1S/C14H24N4O/c1-6-9(2)8-16-18-12-7-10(3)13(14(15)19-5)17-11(12)4/h9-10,15H,6-8H2,1-5H3/b15-14?,18-16-/t9?,10-/m0/s1. The summed E-state index contributed by atoms with van der Waals surface area (Å²) in [5, 5.41) is 16.3. The molecule has 2 atom stereocenters. The van der Waals surface area contributed by atoms with Crippen LogP contribution in [-0.4, -0.2) is 25.3 Å². The molecule has 1 rings (SSSR count). The molecule has 0 saturated heterocycles. The van der Waals surface area contributed by atoms with Gasteiger partial charge < -0.3 is 4.74 Å². The maximum atomic E-state index is 7.71. The lowest BCUT2D eigenvalue weighted by Crippen LogP contribution is -2.25. The van der Waals surface area contributed by atoms with Crippen molar-refractivity contribution in [3.63, 3.8) is 0 Å². The van der Waals surface area contributed by atoms with Gasteiger partial charge in [-0.25, -0.2) is 0 Å². The van der Waals surface area contributed by atoms with Gasteiger partial charge in [0.15, 0.2) is 0 Å². The predicted molar refractivity (Wildman–Crippen MR) is 77.8 cm³/mol. The molecule has 0 aliphatic carbocycles. The average Bonchev–Trinajstić information content (AvgIpc) is 2.41. The van der Waals surface area contributed by atoms with Gasteiger partial charge >= 0.3 is 0 Å². The topological polar surface area (TPSA) is 70.2 Å². The van der Waals surface area contributed by atoms with Crippen LogP contribution in [0.15, 0.2) is 26.6 Å². The Morgan fingerprint density at radius 2 is 2.26 bits per heavy atom. The maximum Gasteiger partial charge on any atom is 0.228 e. The first kappa shape index (κ1) is 15.5. The van der Waals surface area contributed by atoms with Crippen LogP contribution in [0.4, 0.5) is 0 Å². The monoisotopic (exact) mass is 264 g/mol. The Hall–Kier alpha value is -1.52. The van der Waals surface area contributed by atoms with E-state index in [4.69, 9.17) is 10.1 Å². The summed E-state index contributed by atoms with van der Waals surface area (Å²) in [6.07, 6.45) is 1.88. The van der Waals surface area contributed by atoms with Gasteiger partial charge in [-0.3, -0.25) is 10.4 Å². The van der Waals surface area contributed by atoms with E-state index >= 15 is 0 Å². The van der Waals surface area contributed by atoms with Crippen LogP contribution in [0.1, 0.15) is 40.5 Å². The summed E-state index contributed by atoms with van der Waals surface area (Å²) in [7, 11) is 1.50. The quantitative estimate of drug-likeness (QED) is 0.457. The van der Waals surface area contributed by atoms with Crippen molar-refractivity contribution in [3.8, 4) is 0 Å². The number of methoxy groups -OCH3 is 1. The van der Waals surface area contributed by atoms with E-state index in [1.54, 1.807) is 0 Å². The van der Waals surface area contributed by atoms with Crippen LogP contribution in [0.3, 0.4) is 0 Å². The van der Waals surface area contributed by atoms with Crippen molar-refractivity contribution >= 4 is 11.6 Å². The normalized spacial score (nSPS) is 21.5. The van der Waals surface area contributed by atoms with Crippen molar-refractivity contribution < 1.29 is 4.74 Å². The second kappa shape index (κ2) is 7.16. The molecule has 0 bridgehead atoms. The van der Waals surface area contributed by atoms with Gasteiger partial charge in [0.2, 0.25) is 5.90 Å². The van der Waals surface area contributed by atoms with E-state index in [9.17, 15) is 0 Å². The molecule has 0 fully saturated rings. The Balaban J connectivity index is 2.80. The zero-order valence-corrected chi connectivity index (χ0v) is 12.5. The molecule has 1 aliphatic heterocycles. The number of rotatable bonds is 5. The van der Waals surface area contributed by atoms with Gasteiger partial charge in [0.25, 0.3) is 0 Å². The van der Waals surface area contributed by atoms with Crippen molar-refractivity contribution in [1.29, 1.82) is 5.41 Å². The highest BCUT2D eigenvalue weighted by molar-refractivity contribution is 6.38. The minimum Gasteiger partial charge on any atom is -0.480 e. The number of ether oxygens (including phenoxy) is 1. The first-order valence-electron chi connectivity index (χ1n) is 6.78. The molecule has 5 nitrogen and oxygen atoms in total. The summed E-state index contributed by atoms with van der Waals surface area (Å²) >= 11 is 0. The van der Waals surface area contributed by atoms with E-state index in [0.717, 1.165) is 30.8 Å². The highest BCUT2D eigenvalue weighted by Gasteiger charge is 2.23. The fourth-order valence-electron chi connectivity index (χ4n) is 1.78. The summed E-state index contributed by atoms with van der Waals surface area (Å²) in [5.74, 6) is 0.850. The molecule has 0 amide bonds. The minimum absolute atomic E-state index is 0.141. The molecule has 5 heteroatoms. The van der Waals surface area contributed by atoms with Crippen molar-refractivity contribution in [2.75, 3.05) is 13.7 Å². The lowest BCUT2D eigenvalue weighted by Gasteiger charge is -2.20. The van der Waals surface area contributed by atoms with E-state index in [-0.39, 0.29) is 11.8 Å².